The van der Waals surface area contributed by atoms with Crippen molar-refractivity contribution in [2.24, 2.45) is 0 Å². The van der Waals surface area contributed by atoms with Gasteiger partial charge in [0.2, 0.25) is 0 Å². The van der Waals surface area contributed by atoms with Crippen LogP contribution in [0.3, 0.4) is 0 Å². The fraction of sp³-hybridized carbons (Fsp3) is 0.417. The summed E-state index contributed by atoms with van der Waals surface area (Å²) in [6.45, 7) is 0.433. The number of nitriles is 1. The molecule has 17 heavy (non-hydrogen) atoms. The van der Waals surface area contributed by atoms with E-state index in [4.69, 9.17) is 5.26 Å². The summed E-state index contributed by atoms with van der Waals surface area (Å²) in [5.41, 5.74) is 1.22. The molecule has 4 nitrogen and oxygen atoms in total. The Morgan fingerprint density at radius 2 is 2.41 bits per heavy atom. The summed E-state index contributed by atoms with van der Waals surface area (Å²) in [5, 5.41) is 9.36. The van der Waals surface area contributed by atoms with Crippen LogP contribution in [0.2, 0.25) is 0 Å². The van der Waals surface area contributed by atoms with Crippen LogP contribution in [0, 0.1) is 11.3 Å². The lowest BCUT2D eigenvalue weighted by Gasteiger charge is -2.02. The largest absolute Gasteiger partial charge is 0.298 e. The first-order valence-electron chi connectivity index (χ1n) is 5.68. The van der Waals surface area contributed by atoms with Gasteiger partial charge in [0, 0.05) is 11.4 Å². The molecule has 0 amide bonds. The van der Waals surface area contributed by atoms with Crippen molar-refractivity contribution >= 4 is 21.6 Å². The molecule has 86 valence electrons. The fourth-order valence-corrected chi connectivity index (χ4v) is 3.57. The van der Waals surface area contributed by atoms with Gasteiger partial charge in [-0.15, -0.1) is 11.3 Å². The van der Waals surface area contributed by atoms with E-state index in [0.29, 0.717) is 13.0 Å². The molecule has 0 saturated carbocycles. The Hall–Kier alpha value is -1.67. The minimum atomic E-state index is 0.0182. The van der Waals surface area contributed by atoms with Gasteiger partial charge in [-0.05, 0) is 24.8 Å². The number of aryl methyl sites for hydroxylation is 3. The fourth-order valence-electron chi connectivity index (χ4n) is 2.35. The zero-order chi connectivity index (χ0) is 11.8. The van der Waals surface area contributed by atoms with Gasteiger partial charge in [0.05, 0.1) is 24.2 Å². The van der Waals surface area contributed by atoms with Gasteiger partial charge in [0.1, 0.15) is 4.83 Å². The summed E-state index contributed by atoms with van der Waals surface area (Å²) in [4.78, 5) is 18.8. The molecule has 0 atom stereocenters. The summed E-state index contributed by atoms with van der Waals surface area (Å²) in [7, 11) is 0. The highest BCUT2D eigenvalue weighted by Crippen LogP contribution is 2.34. The maximum absolute atomic E-state index is 12.3. The summed E-state index contributed by atoms with van der Waals surface area (Å²) in [6.07, 6.45) is 5.12. The molecule has 0 aromatic carbocycles. The third-order valence-electron chi connectivity index (χ3n) is 3.16. The van der Waals surface area contributed by atoms with Crippen LogP contribution in [0.4, 0.5) is 0 Å². The van der Waals surface area contributed by atoms with Crippen LogP contribution in [-0.4, -0.2) is 9.55 Å². The number of nitrogens with zero attached hydrogens (tertiary/aromatic N) is 3. The highest BCUT2D eigenvalue weighted by atomic mass is 32.1. The average Bonchev–Trinajstić information content (AvgIpc) is 2.87. The molecule has 0 radical (unpaired) electrons. The van der Waals surface area contributed by atoms with E-state index in [2.05, 4.69) is 11.1 Å². The van der Waals surface area contributed by atoms with Crippen molar-refractivity contribution in [3.63, 3.8) is 0 Å². The molecule has 0 fully saturated rings. The van der Waals surface area contributed by atoms with Crippen molar-refractivity contribution in [2.75, 3.05) is 0 Å². The molecule has 0 N–H and O–H groups in total. The topological polar surface area (TPSA) is 58.7 Å². The van der Waals surface area contributed by atoms with Crippen molar-refractivity contribution in [1.82, 2.24) is 9.55 Å². The number of aromatic nitrogens is 2. The van der Waals surface area contributed by atoms with Gasteiger partial charge in [-0.1, -0.05) is 0 Å². The lowest BCUT2D eigenvalue weighted by molar-refractivity contribution is 0.678. The van der Waals surface area contributed by atoms with Crippen molar-refractivity contribution in [3.05, 3.63) is 27.1 Å². The van der Waals surface area contributed by atoms with Crippen LogP contribution in [0.1, 0.15) is 23.3 Å². The van der Waals surface area contributed by atoms with Gasteiger partial charge in [0.15, 0.2) is 0 Å². The molecular formula is C12H11N3OS. The molecule has 0 spiro atoms. The minimum Gasteiger partial charge on any atom is -0.298 e. The van der Waals surface area contributed by atoms with E-state index in [1.807, 2.05) is 0 Å². The molecule has 0 unspecified atom stereocenters. The van der Waals surface area contributed by atoms with Gasteiger partial charge in [0.25, 0.3) is 5.56 Å². The third-order valence-corrected chi connectivity index (χ3v) is 4.36. The Morgan fingerprint density at radius 3 is 3.24 bits per heavy atom. The van der Waals surface area contributed by atoms with E-state index in [1.165, 1.54) is 10.4 Å². The van der Waals surface area contributed by atoms with Gasteiger partial charge in [-0.25, -0.2) is 4.98 Å². The zero-order valence-electron chi connectivity index (χ0n) is 9.27. The van der Waals surface area contributed by atoms with Crippen LogP contribution in [0.15, 0.2) is 11.1 Å². The minimum absolute atomic E-state index is 0.0182. The summed E-state index contributed by atoms with van der Waals surface area (Å²) in [6, 6.07) is 2.05. The lowest BCUT2D eigenvalue weighted by Crippen LogP contribution is -2.20. The van der Waals surface area contributed by atoms with Crippen LogP contribution in [0.25, 0.3) is 10.2 Å². The summed E-state index contributed by atoms with van der Waals surface area (Å²) >= 11 is 1.64. The predicted octanol–water partition coefficient (Wildman–Crippen LogP) is 1.86. The van der Waals surface area contributed by atoms with Gasteiger partial charge in [-0.2, -0.15) is 5.26 Å². The first-order valence-corrected chi connectivity index (χ1v) is 6.49. The van der Waals surface area contributed by atoms with E-state index in [9.17, 15) is 4.79 Å². The maximum Gasteiger partial charge on any atom is 0.262 e. The number of hydrogen-bond donors (Lipinski definition) is 0. The van der Waals surface area contributed by atoms with Crippen molar-refractivity contribution in [2.45, 2.75) is 32.2 Å². The quantitative estimate of drug-likeness (QED) is 0.811. The molecule has 0 saturated heterocycles. The smallest absolute Gasteiger partial charge is 0.262 e. The SMILES string of the molecule is N#CCCn1cnc2sc3c(c2c1=O)CCC3. The van der Waals surface area contributed by atoms with E-state index >= 15 is 0 Å². The average molecular weight is 245 g/mol. The van der Waals surface area contributed by atoms with Crippen LogP contribution >= 0.6 is 11.3 Å². The molecule has 5 heteroatoms. The molecule has 0 bridgehead atoms. The van der Waals surface area contributed by atoms with Gasteiger partial charge in [-0.3, -0.25) is 9.36 Å². The Morgan fingerprint density at radius 1 is 1.53 bits per heavy atom. The van der Waals surface area contributed by atoms with E-state index in [1.54, 1.807) is 22.2 Å². The summed E-state index contributed by atoms with van der Waals surface area (Å²) in [5.74, 6) is 0. The number of thiophene rings is 1. The molecule has 2 heterocycles. The predicted molar refractivity (Wildman–Crippen MR) is 66.1 cm³/mol. The Bertz CT molecular complexity index is 677. The maximum atomic E-state index is 12.3. The van der Waals surface area contributed by atoms with Crippen molar-refractivity contribution in [3.8, 4) is 6.07 Å². The second-order valence-corrected chi connectivity index (χ2v) is 5.27. The highest BCUT2D eigenvalue weighted by Gasteiger charge is 2.20. The molecule has 1 aliphatic rings. The molecule has 2 aromatic heterocycles. The molecular weight excluding hydrogens is 234 g/mol. The second kappa shape index (κ2) is 3.97. The third kappa shape index (κ3) is 1.56. The van der Waals surface area contributed by atoms with Gasteiger partial charge < -0.3 is 0 Å². The van der Waals surface area contributed by atoms with Crippen molar-refractivity contribution < 1.29 is 0 Å². The standard InChI is InChI=1S/C12H11N3OS/c13-5-2-6-15-7-14-11-10(12(15)16)8-3-1-4-9(8)17-11/h7H,1-4,6H2. The first-order chi connectivity index (χ1) is 8.31. The van der Waals surface area contributed by atoms with E-state index in [-0.39, 0.29) is 5.56 Å². The Balaban J connectivity index is 2.20. The normalized spacial score (nSPS) is 13.8. The van der Waals surface area contributed by atoms with Crippen molar-refractivity contribution in [1.29, 1.82) is 5.26 Å². The zero-order valence-corrected chi connectivity index (χ0v) is 10.1. The first kappa shape index (κ1) is 10.5. The molecule has 1 aliphatic carbocycles. The van der Waals surface area contributed by atoms with E-state index in [0.717, 1.165) is 29.5 Å². The van der Waals surface area contributed by atoms with Crippen LogP contribution < -0.4 is 5.56 Å². The molecule has 0 aliphatic heterocycles. The lowest BCUT2D eigenvalue weighted by atomic mass is 10.2. The Kier molecular flexibility index (Phi) is 2.45. The monoisotopic (exact) mass is 245 g/mol. The molecule has 2 aromatic rings. The molecule has 3 rings (SSSR count). The van der Waals surface area contributed by atoms with E-state index < -0.39 is 0 Å². The van der Waals surface area contributed by atoms with Crippen LogP contribution in [-0.2, 0) is 19.4 Å². The van der Waals surface area contributed by atoms with Gasteiger partial charge >= 0.3 is 0 Å². The van der Waals surface area contributed by atoms with Crippen LogP contribution in [0.5, 0.6) is 0 Å². The number of fused-ring (bicyclic) bond motifs is 3. The highest BCUT2D eigenvalue weighted by molar-refractivity contribution is 7.18. The Labute approximate surface area is 102 Å². The number of hydrogen-bond acceptors (Lipinski definition) is 4. The number of rotatable bonds is 2. The second-order valence-electron chi connectivity index (χ2n) is 4.19. The summed E-state index contributed by atoms with van der Waals surface area (Å²) < 4.78 is 1.55.